The van der Waals surface area contributed by atoms with Crippen molar-refractivity contribution in [1.29, 1.82) is 0 Å². The number of hydrogen-bond acceptors (Lipinski definition) is 4. The van der Waals surface area contributed by atoms with Gasteiger partial charge >= 0.3 is 0 Å². The number of nitrogens with zero attached hydrogens (tertiary/aromatic N) is 2. The second-order valence-electron chi connectivity index (χ2n) is 7.80. The molecular weight excluding hydrogens is 366 g/mol. The van der Waals surface area contributed by atoms with Crippen molar-refractivity contribution in [2.75, 3.05) is 50.1 Å². The first kappa shape index (κ1) is 19.5. The van der Waals surface area contributed by atoms with Gasteiger partial charge in [-0.15, -0.1) is 0 Å². The van der Waals surface area contributed by atoms with Gasteiger partial charge in [-0.25, -0.2) is 0 Å². The Morgan fingerprint density at radius 1 is 1.03 bits per heavy atom. The van der Waals surface area contributed by atoms with Gasteiger partial charge in [0.1, 0.15) is 0 Å². The minimum Gasteiger partial charge on any atom is -0.378 e. The fraction of sp³-hybridized carbons (Fsp3) is 0.391. The number of nitrogens with one attached hydrogen (secondary N) is 1. The number of benzene rings is 2. The Morgan fingerprint density at radius 2 is 1.69 bits per heavy atom. The average Bonchev–Trinajstić information content (AvgIpc) is 3.57. The van der Waals surface area contributed by atoms with Gasteiger partial charge in [0.25, 0.3) is 0 Å². The molecule has 6 nitrogen and oxygen atoms in total. The smallest absolute Gasteiger partial charge is 0.243 e. The number of morpholine rings is 1. The van der Waals surface area contributed by atoms with Crippen LogP contribution < -0.4 is 10.2 Å². The van der Waals surface area contributed by atoms with E-state index >= 15 is 0 Å². The molecule has 1 aliphatic carbocycles. The monoisotopic (exact) mass is 393 g/mol. The third-order valence-electron chi connectivity index (χ3n) is 5.74. The Bertz CT molecular complexity index is 857. The lowest BCUT2D eigenvalue weighted by Crippen LogP contribution is -2.41. The van der Waals surface area contributed by atoms with Crippen molar-refractivity contribution < 1.29 is 14.3 Å². The SMILES string of the molecule is CN(CC(=O)Nc1ccc(N2CCOCC2)cc1)C(=O)C1(c2ccccc2)CC1. The van der Waals surface area contributed by atoms with Crippen LogP contribution >= 0.6 is 0 Å². The largest absolute Gasteiger partial charge is 0.378 e. The summed E-state index contributed by atoms with van der Waals surface area (Å²) in [5, 5.41) is 2.89. The lowest BCUT2D eigenvalue weighted by atomic mass is 9.94. The van der Waals surface area contributed by atoms with Crippen molar-refractivity contribution in [3.05, 3.63) is 60.2 Å². The highest BCUT2D eigenvalue weighted by atomic mass is 16.5. The second-order valence-corrected chi connectivity index (χ2v) is 7.80. The normalized spacial score (nSPS) is 17.5. The molecule has 0 spiro atoms. The molecule has 0 unspecified atom stereocenters. The maximum absolute atomic E-state index is 13.0. The number of carbonyl (C=O) groups is 2. The van der Waals surface area contributed by atoms with E-state index in [1.807, 2.05) is 54.6 Å². The van der Waals surface area contributed by atoms with E-state index in [1.54, 1.807) is 7.05 Å². The number of anilines is 2. The topological polar surface area (TPSA) is 61.9 Å². The van der Waals surface area contributed by atoms with Gasteiger partial charge in [-0.05, 0) is 42.7 Å². The van der Waals surface area contributed by atoms with E-state index in [-0.39, 0.29) is 18.4 Å². The summed E-state index contributed by atoms with van der Waals surface area (Å²) in [6.07, 6.45) is 1.68. The summed E-state index contributed by atoms with van der Waals surface area (Å²) in [4.78, 5) is 29.2. The van der Waals surface area contributed by atoms with E-state index < -0.39 is 5.41 Å². The quantitative estimate of drug-likeness (QED) is 0.820. The molecule has 1 saturated heterocycles. The van der Waals surface area contributed by atoms with Gasteiger partial charge in [-0.1, -0.05) is 30.3 Å². The summed E-state index contributed by atoms with van der Waals surface area (Å²) in [6.45, 7) is 3.27. The molecule has 1 heterocycles. The van der Waals surface area contributed by atoms with Gasteiger partial charge in [0.15, 0.2) is 0 Å². The number of ether oxygens (including phenoxy) is 1. The second kappa shape index (κ2) is 8.25. The third-order valence-corrected chi connectivity index (χ3v) is 5.74. The van der Waals surface area contributed by atoms with Crippen LogP contribution in [0.5, 0.6) is 0 Å². The standard InChI is InChI=1S/C23H27N3O3/c1-25(22(28)23(11-12-23)18-5-3-2-4-6-18)17-21(27)24-19-7-9-20(10-8-19)26-13-15-29-16-14-26/h2-10H,11-17H2,1H3,(H,24,27). The molecule has 0 atom stereocenters. The van der Waals surface area contributed by atoms with Gasteiger partial charge in [0.2, 0.25) is 11.8 Å². The molecule has 2 amide bonds. The fourth-order valence-corrected chi connectivity index (χ4v) is 3.94. The van der Waals surface area contributed by atoms with Crippen LogP contribution in [0.15, 0.2) is 54.6 Å². The molecule has 2 aromatic carbocycles. The van der Waals surface area contributed by atoms with Gasteiger partial charge in [-0.3, -0.25) is 9.59 Å². The molecule has 152 valence electrons. The zero-order valence-corrected chi connectivity index (χ0v) is 16.8. The van der Waals surface area contributed by atoms with Crippen LogP contribution in [0.3, 0.4) is 0 Å². The van der Waals surface area contributed by atoms with Crippen molar-refractivity contribution >= 4 is 23.2 Å². The van der Waals surface area contributed by atoms with E-state index in [0.717, 1.165) is 56.1 Å². The number of carbonyl (C=O) groups excluding carboxylic acids is 2. The molecular formula is C23H27N3O3. The van der Waals surface area contributed by atoms with Gasteiger partial charge in [-0.2, -0.15) is 0 Å². The van der Waals surface area contributed by atoms with Crippen molar-refractivity contribution in [3.63, 3.8) is 0 Å². The summed E-state index contributed by atoms with van der Waals surface area (Å²) in [5.74, 6) is -0.176. The first-order valence-corrected chi connectivity index (χ1v) is 10.1. The van der Waals surface area contributed by atoms with E-state index in [0.29, 0.717) is 0 Å². The molecule has 6 heteroatoms. The zero-order chi connectivity index (χ0) is 20.3. The van der Waals surface area contributed by atoms with E-state index in [2.05, 4.69) is 10.2 Å². The third kappa shape index (κ3) is 4.27. The number of amides is 2. The molecule has 2 fully saturated rings. The van der Waals surface area contributed by atoms with Crippen LogP contribution in [0.1, 0.15) is 18.4 Å². The first-order valence-electron chi connectivity index (χ1n) is 10.1. The van der Waals surface area contributed by atoms with Crippen LogP contribution in [0.25, 0.3) is 0 Å². The first-order chi connectivity index (χ1) is 14.1. The highest BCUT2D eigenvalue weighted by Gasteiger charge is 2.52. The lowest BCUT2D eigenvalue weighted by molar-refractivity contribution is -0.135. The molecule has 0 radical (unpaired) electrons. The maximum atomic E-state index is 13.0. The molecule has 4 rings (SSSR count). The number of rotatable bonds is 6. The summed E-state index contributed by atoms with van der Waals surface area (Å²) >= 11 is 0. The van der Waals surface area contributed by atoms with Gasteiger partial charge in [0.05, 0.1) is 25.2 Å². The highest BCUT2D eigenvalue weighted by Crippen LogP contribution is 2.49. The van der Waals surface area contributed by atoms with Crippen LogP contribution in [0, 0.1) is 0 Å². The lowest BCUT2D eigenvalue weighted by Gasteiger charge is -2.29. The minimum atomic E-state index is -0.448. The number of hydrogen-bond donors (Lipinski definition) is 1. The van der Waals surface area contributed by atoms with Crippen LogP contribution in [0.2, 0.25) is 0 Å². The molecule has 1 aliphatic heterocycles. The van der Waals surface area contributed by atoms with Crippen LogP contribution in [-0.4, -0.2) is 56.6 Å². The highest BCUT2D eigenvalue weighted by molar-refractivity contribution is 5.97. The Balaban J connectivity index is 1.33. The van der Waals surface area contributed by atoms with Crippen LogP contribution in [0.4, 0.5) is 11.4 Å². The van der Waals surface area contributed by atoms with Crippen molar-refractivity contribution in [3.8, 4) is 0 Å². The fourth-order valence-electron chi connectivity index (χ4n) is 3.94. The van der Waals surface area contributed by atoms with Crippen molar-refractivity contribution in [1.82, 2.24) is 4.90 Å². The van der Waals surface area contributed by atoms with E-state index in [9.17, 15) is 9.59 Å². The van der Waals surface area contributed by atoms with Gasteiger partial charge in [0, 0.05) is 31.5 Å². The Hall–Kier alpha value is -2.86. The molecule has 2 aromatic rings. The summed E-state index contributed by atoms with van der Waals surface area (Å²) in [5.41, 5.74) is 2.45. The molecule has 1 N–H and O–H groups in total. The van der Waals surface area contributed by atoms with Crippen molar-refractivity contribution in [2.24, 2.45) is 0 Å². The van der Waals surface area contributed by atoms with Gasteiger partial charge < -0.3 is 19.9 Å². The summed E-state index contributed by atoms with van der Waals surface area (Å²) in [6, 6.07) is 17.7. The predicted octanol–water partition coefficient (Wildman–Crippen LogP) is 2.65. The zero-order valence-electron chi connectivity index (χ0n) is 16.8. The molecule has 0 aromatic heterocycles. The Kier molecular flexibility index (Phi) is 5.53. The molecule has 29 heavy (non-hydrogen) atoms. The number of likely N-dealkylation sites (N-methyl/N-ethyl adjacent to an activating group) is 1. The minimum absolute atomic E-state index is 0.0153. The maximum Gasteiger partial charge on any atom is 0.243 e. The molecule has 2 aliphatic rings. The average molecular weight is 393 g/mol. The molecule has 1 saturated carbocycles. The summed E-state index contributed by atoms with van der Waals surface area (Å²) in [7, 11) is 1.70. The van der Waals surface area contributed by atoms with Crippen molar-refractivity contribution in [2.45, 2.75) is 18.3 Å². The summed E-state index contributed by atoms with van der Waals surface area (Å²) < 4.78 is 5.38. The molecule has 0 bridgehead atoms. The van der Waals surface area contributed by atoms with E-state index in [1.165, 1.54) is 4.90 Å². The van der Waals surface area contributed by atoms with Crippen LogP contribution in [-0.2, 0) is 19.7 Å². The predicted molar refractivity (Wildman–Crippen MR) is 113 cm³/mol. The Morgan fingerprint density at radius 3 is 2.31 bits per heavy atom. The van der Waals surface area contributed by atoms with E-state index in [4.69, 9.17) is 4.74 Å². The Labute approximate surface area is 171 Å².